The smallest absolute Gasteiger partial charge is 0.226 e. The van der Waals surface area contributed by atoms with E-state index in [2.05, 4.69) is 20.6 Å². The van der Waals surface area contributed by atoms with E-state index >= 15 is 0 Å². The summed E-state index contributed by atoms with van der Waals surface area (Å²) in [7, 11) is 0. The van der Waals surface area contributed by atoms with E-state index in [9.17, 15) is 9.18 Å². The maximum absolute atomic E-state index is 14.0. The first kappa shape index (κ1) is 20.7. The largest absolute Gasteiger partial charge is 0.378 e. The molecule has 0 unspecified atom stereocenters. The van der Waals surface area contributed by atoms with Gasteiger partial charge in [-0.05, 0) is 31.5 Å². The normalized spacial score (nSPS) is 11.4. The lowest BCUT2D eigenvalue weighted by atomic mass is 10.1. The van der Waals surface area contributed by atoms with Crippen molar-refractivity contribution in [1.29, 1.82) is 0 Å². The van der Waals surface area contributed by atoms with E-state index in [0.29, 0.717) is 35.6 Å². The van der Waals surface area contributed by atoms with Crippen molar-refractivity contribution in [2.24, 2.45) is 0 Å². The van der Waals surface area contributed by atoms with Crippen molar-refractivity contribution in [3.8, 4) is 0 Å². The van der Waals surface area contributed by atoms with Crippen molar-refractivity contribution in [3.05, 3.63) is 60.4 Å². The van der Waals surface area contributed by atoms with Crippen LogP contribution in [0.5, 0.6) is 0 Å². The van der Waals surface area contributed by atoms with Gasteiger partial charge in [0.25, 0.3) is 0 Å². The van der Waals surface area contributed by atoms with Gasteiger partial charge in [0.1, 0.15) is 11.2 Å². The Kier molecular flexibility index (Phi) is 6.72. The fourth-order valence-electron chi connectivity index (χ4n) is 2.73. The van der Waals surface area contributed by atoms with Crippen molar-refractivity contribution < 1.29 is 13.9 Å². The average molecular weight is 396 g/mol. The Morgan fingerprint density at radius 2 is 1.93 bits per heavy atom. The van der Waals surface area contributed by atoms with Gasteiger partial charge >= 0.3 is 0 Å². The molecule has 2 heterocycles. The number of benzene rings is 1. The fourth-order valence-corrected chi connectivity index (χ4v) is 2.73. The van der Waals surface area contributed by atoms with Crippen LogP contribution in [0.25, 0.3) is 11.0 Å². The standard InChI is InChI=1S/C22H25FN4O2/c1-22(2,23)15-26-21-18(13-25-17-9-6-11-24-20(17)21)27-19(28)10-12-29-14-16-7-4-3-5-8-16/h3-9,11,13H,10,12,14-15H2,1-2H3,(H,25,26)(H,27,28). The molecule has 3 rings (SSSR count). The summed E-state index contributed by atoms with van der Waals surface area (Å²) in [5.41, 5.74) is 1.90. The number of alkyl halides is 1. The quantitative estimate of drug-likeness (QED) is 0.527. The topological polar surface area (TPSA) is 76.1 Å². The summed E-state index contributed by atoms with van der Waals surface area (Å²) >= 11 is 0. The molecular formula is C22H25FN4O2. The first-order chi connectivity index (χ1) is 13.9. The molecule has 0 atom stereocenters. The molecule has 0 bridgehead atoms. The highest BCUT2D eigenvalue weighted by molar-refractivity contribution is 6.01. The minimum absolute atomic E-state index is 0.0751. The lowest BCUT2D eigenvalue weighted by Crippen LogP contribution is -2.25. The minimum Gasteiger partial charge on any atom is -0.378 e. The van der Waals surface area contributed by atoms with Gasteiger partial charge in [0, 0.05) is 12.7 Å². The van der Waals surface area contributed by atoms with Crippen molar-refractivity contribution in [3.63, 3.8) is 0 Å². The number of ether oxygens (including phenoxy) is 1. The number of carbonyl (C=O) groups is 1. The predicted molar refractivity (Wildman–Crippen MR) is 113 cm³/mol. The Hall–Kier alpha value is -3.06. The second kappa shape index (κ2) is 9.43. The van der Waals surface area contributed by atoms with E-state index in [0.717, 1.165) is 5.56 Å². The van der Waals surface area contributed by atoms with Gasteiger partial charge in [0.15, 0.2) is 0 Å². The third kappa shape index (κ3) is 6.22. The Morgan fingerprint density at radius 1 is 1.14 bits per heavy atom. The van der Waals surface area contributed by atoms with Crippen LogP contribution in [0.2, 0.25) is 0 Å². The molecule has 2 aromatic heterocycles. The van der Waals surface area contributed by atoms with Crippen LogP contribution in [0.15, 0.2) is 54.9 Å². The summed E-state index contributed by atoms with van der Waals surface area (Å²) < 4.78 is 19.6. The van der Waals surface area contributed by atoms with Gasteiger partial charge in [-0.25, -0.2) is 4.39 Å². The van der Waals surface area contributed by atoms with Gasteiger partial charge in [-0.2, -0.15) is 0 Å². The van der Waals surface area contributed by atoms with Crippen LogP contribution >= 0.6 is 0 Å². The SMILES string of the molecule is CC(C)(F)CNc1c(NC(=O)CCOCc2ccccc2)cnc2cccnc12. The fraction of sp³-hybridized carbons (Fsp3) is 0.318. The number of nitrogens with zero attached hydrogens (tertiary/aromatic N) is 2. The van der Waals surface area contributed by atoms with E-state index in [1.54, 1.807) is 18.5 Å². The molecule has 0 aliphatic carbocycles. The summed E-state index contributed by atoms with van der Waals surface area (Å²) in [5, 5.41) is 5.90. The molecule has 0 aliphatic rings. The number of halogens is 1. The zero-order valence-corrected chi connectivity index (χ0v) is 16.6. The second-order valence-electron chi connectivity index (χ2n) is 7.33. The zero-order valence-electron chi connectivity index (χ0n) is 16.6. The molecule has 1 aromatic carbocycles. The van der Waals surface area contributed by atoms with Crippen LogP contribution in [-0.4, -0.2) is 34.7 Å². The number of carbonyl (C=O) groups excluding carboxylic acids is 1. The van der Waals surface area contributed by atoms with Crippen LogP contribution in [0.3, 0.4) is 0 Å². The first-order valence-corrected chi connectivity index (χ1v) is 9.50. The molecule has 7 heteroatoms. The Balaban J connectivity index is 1.64. The number of pyridine rings is 2. The summed E-state index contributed by atoms with van der Waals surface area (Å²) in [6.45, 7) is 3.79. The Bertz CT molecular complexity index is 958. The molecule has 0 aliphatic heterocycles. The van der Waals surface area contributed by atoms with Gasteiger partial charge < -0.3 is 15.4 Å². The number of hydrogen-bond donors (Lipinski definition) is 2. The molecule has 29 heavy (non-hydrogen) atoms. The molecule has 0 radical (unpaired) electrons. The maximum atomic E-state index is 14.0. The average Bonchev–Trinajstić information content (AvgIpc) is 2.70. The lowest BCUT2D eigenvalue weighted by molar-refractivity contribution is -0.117. The maximum Gasteiger partial charge on any atom is 0.226 e. The molecule has 0 saturated heterocycles. The number of hydrogen-bond acceptors (Lipinski definition) is 5. The van der Waals surface area contributed by atoms with Crippen LogP contribution in [0.1, 0.15) is 25.8 Å². The summed E-state index contributed by atoms with van der Waals surface area (Å²) in [5.74, 6) is -0.210. The van der Waals surface area contributed by atoms with E-state index in [1.807, 2.05) is 36.4 Å². The van der Waals surface area contributed by atoms with Crippen LogP contribution < -0.4 is 10.6 Å². The highest BCUT2D eigenvalue weighted by atomic mass is 19.1. The van der Waals surface area contributed by atoms with Crippen molar-refractivity contribution >= 4 is 28.3 Å². The van der Waals surface area contributed by atoms with Crippen molar-refractivity contribution in [2.45, 2.75) is 32.5 Å². The molecular weight excluding hydrogens is 371 g/mol. The molecule has 2 N–H and O–H groups in total. The lowest BCUT2D eigenvalue weighted by Gasteiger charge is -2.19. The van der Waals surface area contributed by atoms with Gasteiger partial charge in [0.2, 0.25) is 5.91 Å². The molecule has 0 spiro atoms. The van der Waals surface area contributed by atoms with E-state index in [1.165, 1.54) is 13.8 Å². The zero-order chi connectivity index (χ0) is 20.7. The predicted octanol–water partition coefficient (Wildman–Crippen LogP) is 4.34. The number of aromatic nitrogens is 2. The summed E-state index contributed by atoms with van der Waals surface area (Å²) in [4.78, 5) is 21.0. The van der Waals surface area contributed by atoms with Crippen LogP contribution in [0, 0.1) is 0 Å². The van der Waals surface area contributed by atoms with Crippen LogP contribution in [-0.2, 0) is 16.1 Å². The summed E-state index contributed by atoms with van der Waals surface area (Å²) in [6, 6.07) is 13.4. The number of rotatable bonds is 9. The summed E-state index contributed by atoms with van der Waals surface area (Å²) in [6.07, 6.45) is 3.39. The molecule has 0 fully saturated rings. The van der Waals surface area contributed by atoms with Crippen molar-refractivity contribution in [1.82, 2.24) is 9.97 Å². The second-order valence-corrected chi connectivity index (χ2v) is 7.33. The molecule has 152 valence electrons. The van der Waals surface area contributed by atoms with E-state index in [4.69, 9.17) is 4.74 Å². The minimum atomic E-state index is -1.42. The van der Waals surface area contributed by atoms with Crippen molar-refractivity contribution in [2.75, 3.05) is 23.8 Å². The first-order valence-electron chi connectivity index (χ1n) is 9.50. The number of anilines is 2. The third-order valence-corrected chi connectivity index (χ3v) is 4.17. The van der Waals surface area contributed by atoms with Crippen LogP contribution in [0.4, 0.5) is 15.8 Å². The van der Waals surface area contributed by atoms with E-state index in [-0.39, 0.29) is 18.9 Å². The molecule has 3 aromatic rings. The van der Waals surface area contributed by atoms with Gasteiger partial charge in [0.05, 0.1) is 42.7 Å². The highest BCUT2D eigenvalue weighted by Gasteiger charge is 2.18. The molecule has 6 nitrogen and oxygen atoms in total. The number of amides is 1. The Labute approximate surface area is 169 Å². The van der Waals surface area contributed by atoms with Gasteiger partial charge in [-0.1, -0.05) is 30.3 Å². The highest BCUT2D eigenvalue weighted by Crippen LogP contribution is 2.29. The monoisotopic (exact) mass is 396 g/mol. The molecule has 1 amide bonds. The Morgan fingerprint density at radius 3 is 2.69 bits per heavy atom. The van der Waals surface area contributed by atoms with Gasteiger partial charge in [-0.3, -0.25) is 14.8 Å². The number of fused-ring (bicyclic) bond motifs is 1. The van der Waals surface area contributed by atoms with Gasteiger partial charge in [-0.15, -0.1) is 0 Å². The van der Waals surface area contributed by atoms with E-state index < -0.39 is 5.67 Å². The number of nitrogens with one attached hydrogen (secondary N) is 2. The third-order valence-electron chi connectivity index (χ3n) is 4.17. The molecule has 0 saturated carbocycles.